The monoisotopic (exact) mass is 467 g/mol. The third-order valence-corrected chi connectivity index (χ3v) is 5.49. The molecule has 0 amide bonds. The number of rotatable bonds is 10. The Bertz CT molecular complexity index is 1090. The SMILES string of the molecule is CC(C)COc1cccc(Sc2nc(N)nc3c2ncn3CC(C)OCP(=O)(O)O)c1. The number of hydrogen-bond acceptors (Lipinski definition) is 8. The van der Waals surface area contributed by atoms with Gasteiger partial charge in [-0.25, -0.2) is 9.97 Å². The zero-order valence-corrected chi connectivity index (χ0v) is 19.2. The van der Waals surface area contributed by atoms with Crippen LogP contribution in [0.1, 0.15) is 20.8 Å². The van der Waals surface area contributed by atoms with Gasteiger partial charge >= 0.3 is 7.60 Å². The average Bonchev–Trinajstić information content (AvgIpc) is 3.07. The Kier molecular flexibility index (Phi) is 7.55. The predicted octanol–water partition coefficient (Wildman–Crippen LogP) is 3.13. The number of nitrogen functional groups attached to an aromatic ring is 1. The molecule has 0 fully saturated rings. The van der Waals surface area contributed by atoms with Crippen molar-refractivity contribution in [3.63, 3.8) is 0 Å². The molecule has 12 heteroatoms. The van der Waals surface area contributed by atoms with E-state index in [9.17, 15) is 4.57 Å². The molecule has 3 aromatic rings. The molecule has 2 aromatic heterocycles. The van der Waals surface area contributed by atoms with Crippen LogP contribution < -0.4 is 10.5 Å². The lowest BCUT2D eigenvalue weighted by Gasteiger charge is -2.14. The second-order valence-corrected chi connectivity index (χ2v) is 10.2. The molecule has 31 heavy (non-hydrogen) atoms. The van der Waals surface area contributed by atoms with E-state index in [2.05, 4.69) is 28.8 Å². The van der Waals surface area contributed by atoms with Crippen LogP contribution in [0.5, 0.6) is 5.75 Å². The number of fused-ring (bicyclic) bond motifs is 1. The molecule has 10 nitrogen and oxygen atoms in total. The Morgan fingerprint density at radius 1 is 1.26 bits per heavy atom. The number of ether oxygens (including phenoxy) is 2. The van der Waals surface area contributed by atoms with Crippen molar-refractivity contribution < 1.29 is 23.8 Å². The maximum Gasteiger partial charge on any atom is 0.350 e. The number of aromatic nitrogens is 4. The van der Waals surface area contributed by atoms with Gasteiger partial charge in [-0.3, -0.25) is 4.57 Å². The first-order valence-electron chi connectivity index (χ1n) is 9.66. The van der Waals surface area contributed by atoms with E-state index in [-0.39, 0.29) is 5.95 Å². The lowest BCUT2D eigenvalue weighted by molar-refractivity contribution is 0.0764. The van der Waals surface area contributed by atoms with Crippen molar-refractivity contribution in [1.82, 2.24) is 19.5 Å². The Morgan fingerprint density at radius 2 is 2.03 bits per heavy atom. The lowest BCUT2D eigenvalue weighted by Crippen LogP contribution is -2.17. The molecule has 2 heterocycles. The van der Waals surface area contributed by atoms with Gasteiger partial charge in [-0.1, -0.05) is 31.7 Å². The third-order valence-electron chi connectivity index (χ3n) is 4.03. The maximum atomic E-state index is 11.0. The average molecular weight is 467 g/mol. The van der Waals surface area contributed by atoms with Crippen LogP contribution in [-0.4, -0.2) is 48.4 Å². The highest BCUT2D eigenvalue weighted by Gasteiger charge is 2.18. The Labute approximate surface area is 184 Å². The molecule has 1 aromatic carbocycles. The molecule has 4 N–H and O–H groups in total. The molecule has 3 rings (SSSR count). The van der Waals surface area contributed by atoms with Crippen molar-refractivity contribution in [1.29, 1.82) is 0 Å². The van der Waals surface area contributed by atoms with Gasteiger partial charge in [0, 0.05) is 4.90 Å². The van der Waals surface area contributed by atoms with E-state index in [1.165, 1.54) is 11.8 Å². The van der Waals surface area contributed by atoms with Gasteiger partial charge in [-0.2, -0.15) is 4.98 Å². The highest BCUT2D eigenvalue weighted by atomic mass is 32.2. The van der Waals surface area contributed by atoms with E-state index in [1.807, 2.05) is 24.3 Å². The minimum atomic E-state index is -4.23. The van der Waals surface area contributed by atoms with Gasteiger partial charge < -0.3 is 29.6 Å². The van der Waals surface area contributed by atoms with E-state index in [0.717, 1.165) is 10.6 Å². The van der Waals surface area contributed by atoms with Crippen molar-refractivity contribution in [2.75, 3.05) is 18.7 Å². The van der Waals surface area contributed by atoms with Crippen LogP contribution in [0.15, 0.2) is 40.5 Å². The summed E-state index contributed by atoms with van der Waals surface area (Å²) < 4.78 is 23.8. The molecule has 0 aliphatic carbocycles. The van der Waals surface area contributed by atoms with E-state index < -0.39 is 20.0 Å². The molecule has 0 spiro atoms. The molecule has 0 aliphatic heterocycles. The van der Waals surface area contributed by atoms with Gasteiger partial charge in [0.1, 0.15) is 22.6 Å². The van der Waals surface area contributed by atoms with Crippen LogP contribution in [0.2, 0.25) is 0 Å². The van der Waals surface area contributed by atoms with E-state index in [4.69, 9.17) is 25.0 Å². The Morgan fingerprint density at radius 3 is 2.74 bits per heavy atom. The van der Waals surface area contributed by atoms with Crippen LogP contribution in [0.25, 0.3) is 11.2 Å². The van der Waals surface area contributed by atoms with Crippen LogP contribution in [0.3, 0.4) is 0 Å². The quantitative estimate of drug-likeness (QED) is 0.300. The molecule has 0 aliphatic rings. The highest BCUT2D eigenvalue weighted by Crippen LogP contribution is 2.35. The summed E-state index contributed by atoms with van der Waals surface area (Å²) in [5, 5.41) is 0.603. The van der Waals surface area contributed by atoms with Crippen molar-refractivity contribution >= 4 is 36.5 Å². The van der Waals surface area contributed by atoms with Gasteiger partial charge in [-0.15, -0.1) is 0 Å². The summed E-state index contributed by atoms with van der Waals surface area (Å²) in [4.78, 5) is 31.9. The number of hydrogen-bond donors (Lipinski definition) is 3. The van der Waals surface area contributed by atoms with Crippen LogP contribution in [-0.2, 0) is 15.8 Å². The number of anilines is 1. The summed E-state index contributed by atoms with van der Waals surface area (Å²) in [7, 11) is -4.23. The van der Waals surface area contributed by atoms with Gasteiger partial charge in [0.05, 0.1) is 25.6 Å². The van der Waals surface area contributed by atoms with Crippen molar-refractivity contribution in [2.45, 2.75) is 43.3 Å². The third kappa shape index (κ3) is 6.91. The second-order valence-electron chi connectivity index (χ2n) is 7.51. The lowest BCUT2D eigenvalue weighted by atomic mass is 10.2. The summed E-state index contributed by atoms with van der Waals surface area (Å²) in [6, 6.07) is 7.71. The standard InChI is InChI=1S/C19H26N5O5PS/c1-12(2)9-28-14-5-4-6-15(7-14)31-18-16-17(22-19(20)23-18)24(10-21-16)8-13(3)29-11-30(25,26)27/h4-7,10,12-13H,8-9,11H2,1-3H3,(H2,20,22,23)(H2,25,26,27). The summed E-state index contributed by atoms with van der Waals surface area (Å²) in [6.07, 6.45) is 0.475. The van der Waals surface area contributed by atoms with Crippen LogP contribution in [0, 0.1) is 5.92 Å². The first kappa shape index (κ1) is 23.5. The van der Waals surface area contributed by atoms with E-state index >= 15 is 0 Å². The Hall–Kier alpha value is -2.17. The minimum absolute atomic E-state index is 0.104. The fourth-order valence-corrected chi connectivity index (χ4v) is 4.07. The molecular weight excluding hydrogens is 441 g/mol. The topological polar surface area (TPSA) is 146 Å². The molecule has 0 saturated heterocycles. The fourth-order valence-electron chi connectivity index (χ4n) is 2.70. The van der Waals surface area contributed by atoms with E-state index in [1.54, 1.807) is 17.8 Å². The Balaban J connectivity index is 1.80. The molecule has 168 valence electrons. The smallest absolute Gasteiger partial charge is 0.350 e. The van der Waals surface area contributed by atoms with Gasteiger partial charge in [0.25, 0.3) is 0 Å². The largest absolute Gasteiger partial charge is 0.493 e. The summed E-state index contributed by atoms with van der Waals surface area (Å²) in [5.74, 6) is 1.31. The fraction of sp³-hybridized carbons (Fsp3) is 0.421. The van der Waals surface area contributed by atoms with Crippen molar-refractivity contribution in [2.24, 2.45) is 5.92 Å². The summed E-state index contributed by atoms with van der Waals surface area (Å²) in [6.45, 7) is 6.83. The second kappa shape index (κ2) is 9.97. The van der Waals surface area contributed by atoms with Crippen molar-refractivity contribution in [3.05, 3.63) is 30.6 Å². The zero-order chi connectivity index (χ0) is 22.6. The van der Waals surface area contributed by atoms with Crippen LogP contribution in [0.4, 0.5) is 5.95 Å². The number of imidazole rings is 1. The minimum Gasteiger partial charge on any atom is -0.493 e. The number of benzene rings is 1. The first-order valence-corrected chi connectivity index (χ1v) is 12.3. The predicted molar refractivity (Wildman–Crippen MR) is 118 cm³/mol. The number of nitrogens with zero attached hydrogens (tertiary/aromatic N) is 4. The van der Waals surface area contributed by atoms with Crippen LogP contribution >= 0.6 is 19.4 Å². The summed E-state index contributed by atoms with van der Waals surface area (Å²) in [5.41, 5.74) is 7.03. The molecule has 0 radical (unpaired) electrons. The zero-order valence-electron chi connectivity index (χ0n) is 17.5. The molecular formula is C19H26N5O5PS. The summed E-state index contributed by atoms with van der Waals surface area (Å²) >= 11 is 1.40. The van der Waals surface area contributed by atoms with E-state index in [0.29, 0.717) is 35.3 Å². The number of nitrogens with two attached hydrogens (primary N) is 1. The molecule has 1 unspecified atom stereocenters. The normalized spacial score (nSPS) is 13.1. The van der Waals surface area contributed by atoms with Gasteiger partial charge in [0.2, 0.25) is 5.95 Å². The molecule has 1 atom stereocenters. The maximum absolute atomic E-state index is 11.0. The first-order chi connectivity index (χ1) is 14.6. The molecule has 0 saturated carbocycles. The van der Waals surface area contributed by atoms with Gasteiger partial charge in [0.15, 0.2) is 5.65 Å². The van der Waals surface area contributed by atoms with Crippen molar-refractivity contribution in [3.8, 4) is 5.75 Å². The highest BCUT2D eigenvalue weighted by molar-refractivity contribution is 7.99. The molecule has 0 bridgehead atoms. The van der Waals surface area contributed by atoms with Gasteiger partial charge in [-0.05, 0) is 31.0 Å².